The number of rotatable bonds is 4. The quantitative estimate of drug-likeness (QED) is 0.516. The first-order valence-electron chi connectivity index (χ1n) is 8.92. The molecule has 2 aromatic heterocycles. The van der Waals surface area contributed by atoms with E-state index >= 15 is 0 Å². The van der Waals surface area contributed by atoms with Crippen LogP contribution in [0.4, 0.5) is 10.5 Å². The van der Waals surface area contributed by atoms with Crippen LogP contribution in [0.2, 0.25) is 0 Å². The molecule has 0 aliphatic carbocycles. The molecule has 0 spiro atoms. The summed E-state index contributed by atoms with van der Waals surface area (Å²) >= 11 is 1.61. The summed E-state index contributed by atoms with van der Waals surface area (Å²) < 4.78 is 6.30. The van der Waals surface area contributed by atoms with Crippen molar-refractivity contribution in [2.45, 2.75) is 20.4 Å². The normalized spacial score (nSPS) is 11.0. The van der Waals surface area contributed by atoms with Crippen molar-refractivity contribution in [3.05, 3.63) is 65.5 Å². The number of hydrogen-bond donors (Lipinski definition) is 1. The summed E-state index contributed by atoms with van der Waals surface area (Å²) in [5.41, 5.74) is 4.32. The number of nitrogens with zero attached hydrogens (tertiary/aromatic N) is 3. The Kier molecular flexibility index (Phi) is 4.83. The average Bonchev–Trinajstić information content (AvgIpc) is 3.26. The van der Waals surface area contributed by atoms with Crippen LogP contribution in [0.5, 0.6) is 0 Å². The molecule has 0 unspecified atom stereocenters. The van der Waals surface area contributed by atoms with Crippen LogP contribution in [0.3, 0.4) is 0 Å². The number of anilines is 1. The highest BCUT2D eigenvalue weighted by molar-refractivity contribution is 7.21. The van der Waals surface area contributed by atoms with E-state index in [2.05, 4.69) is 16.5 Å². The highest BCUT2D eigenvalue weighted by Crippen LogP contribution is 2.34. The maximum absolute atomic E-state index is 12.8. The number of aryl methyl sites for hydroxylation is 2. The van der Waals surface area contributed by atoms with Crippen LogP contribution in [-0.2, 0) is 6.54 Å². The maximum atomic E-state index is 12.8. The van der Waals surface area contributed by atoms with Crippen molar-refractivity contribution in [1.29, 1.82) is 0 Å². The fraction of sp³-hybridized carbons (Fsp3) is 0.190. The van der Waals surface area contributed by atoms with Crippen molar-refractivity contribution in [2.75, 3.05) is 12.4 Å². The van der Waals surface area contributed by atoms with E-state index in [-0.39, 0.29) is 6.03 Å². The van der Waals surface area contributed by atoms with Gasteiger partial charge in [-0.3, -0.25) is 0 Å². The third-order valence-corrected chi connectivity index (χ3v) is 5.69. The van der Waals surface area contributed by atoms with E-state index < -0.39 is 0 Å². The van der Waals surface area contributed by atoms with E-state index in [4.69, 9.17) is 9.51 Å². The molecule has 1 N–H and O–H groups in total. The standard InChI is InChI=1S/C21H20N4O2S/c1-13-16(14(2)27-24-13)12-25(3)21(26)23-17-9-5-4-8-15(17)20-22-18-10-6-7-11-19(18)28-20/h4-11H,12H2,1-3H3,(H,23,26). The number of fused-ring (bicyclic) bond motifs is 1. The van der Waals surface area contributed by atoms with E-state index in [1.54, 1.807) is 23.3 Å². The van der Waals surface area contributed by atoms with Gasteiger partial charge in [-0.25, -0.2) is 9.78 Å². The molecule has 0 radical (unpaired) electrons. The second kappa shape index (κ2) is 7.44. The van der Waals surface area contributed by atoms with Gasteiger partial charge in [0.1, 0.15) is 10.8 Å². The number of benzene rings is 2. The molecule has 7 heteroatoms. The van der Waals surface area contributed by atoms with Gasteiger partial charge in [0, 0.05) is 18.2 Å². The molecule has 0 aliphatic rings. The number of para-hydroxylation sites is 2. The van der Waals surface area contributed by atoms with Crippen molar-refractivity contribution in [2.24, 2.45) is 0 Å². The molecule has 2 amide bonds. The predicted molar refractivity (Wildman–Crippen MR) is 112 cm³/mol. The van der Waals surface area contributed by atoms with Gasteiger partial charge in [0.2, 0.25) is 0 Å². The Morgan fingerprint density at radius 1 is 1.14 bits per heavy atom. The summed E-state index contributed by atoms with van der Waals surface area (Å²) in [6.07, 6.45) is 0. The Hall–Kier alpha value is -3.19. The minimum Gasteiger partial charge on any atom is -0.361 e. The van der Waals surface area contributed by atoms with Crippen LogP contribution in [0.1, 0.15) is 17.0 Å². The first-order valence-corrected chi connectivity index (χ1v) is 9.73. The Bertz CT molecular complexity index is 1100. The molecule has 2 aromatic carbocycles. The predicted octanol–water partition coefficient (Wildman–Crippen LogP) is 5.23. The first kappa shape index (κ1) is 18.2. The molecule has 0 atom stereocenters. The van der Waals surface area contributed by atoms with E-state index in [9.17, 15) is 4.79 Å². The average molecular weight is 392 g/mol. The summed E-state index contributed by atoms with van der Waals surface area (Å²) in [6.45, 7) is 4.15. The van der Waals surface area contributed by atoms with Crippen LogP contribution in [0, 0.1) is 13.8 Å². The third-order valence-electron chi connectivity index (χ3n) is 4.62. The molecule has 4 aromatic rings. The van der Waals surface area contributed by atoms with Crippen LogP contribution in [0.15, 0.2) is 53.1 Å². The molecule has 28 heavy (non-hydrogen) atoms. The molecule has 2 heterocycles. The van der Waals surface area contributed by atoms with Crippen molar-refractivity contribution in [3.63, 3.8) is 0 Å². The molecule has 0 aliphatic heterocycles. The lowest BCUT2D eigenvalue weighted by molar-refractivity contribution is 0.220. The minimum absolute atomic E-state index is 0.200. The van der Waals surface area contributed by atoms with Gasteiger partial charge in [-0.15, -0.1) is 11.3 Å². The van der Waals surface area contributed by atoms with Crippen LogP contribution in [0.25, 0.3) is 20.8 Å². The van der Waals surface area contributed by atoms with Gasteiger partial charge >= 0.3 is 6.03 Å². The van der Waals surface area contributed by atoms with Crippen molar-refractivity contribution in [3.8, 4) is 10.6 Å². The maximum Gasteiger partial charge on any atom is 0.321 e. The zero-order valence-corrected chi connectivity index (χ0v) is 16.7. The number of nitrogens with one attached hydrogen (secondary N) is 1. The molecule has 6 nitrogen and oxygen atoms in total. The summed E-state index contributed by atoms with van der Waals surface area (Å²) in [5.74, 6) is 0.729. The fourth-order valence-electron chi connectivity index (χ4n) is 3.01. The Balaban J connectivity index is 1.57. The monoisotopic (exact) mass is 392 g/mol. The van der Waals surface area contributed by atoms with Crippen LogP contribution < -0.4 is 5.32 Å². The highest BCUT2D eigenvalue weighted by atomic mass is 32.1. The Labute approximate surface area is 166 Å². The number of carbonyl (C=O) groups is 1. The molecule has 0 fully saturated rings. The van der Waals surface area contributed by atoms with Gasteiger partial charge < -0.3 is 14.7 Å². The zero-order chi connectivity index (χ0) is 19.7. The van der Waals surface area contributed by atoms with Crippen molar-refractivity contribution in [1.82, 2.24) is 15.0 Å². The number of aromatic nitrogens is 2. The SMILES string of the molecule is Cc1noc(C)c1CN(C)C(=O)Nc1ccccc1-c1nc2ccccc2s1. The van der Waals surface area contributed by atoms with Gasteiger partial charge in [0.15, 0.2) is 0 Å². The number of carbonyl (C=O) groups excluding carboxylic acids is 1. The minimum atomic E-state index is -0.200. The van der Waals surface area contributed by atoms with Gasteiger partial charge in [-0.1, -0.05) is 29.4 Å². The number of amides is 2. The zero-order valence-electron chi connectivity index (χ0n) is 15.9. The summed E-state index contributed by atoms with van der Waals surface area (Å²) in [6, 6.07) is 15.5. The van der Waals surface area contributed by atoms with E-state index in [0.717, 1.165) is 43.5 Å². The number of urea groups is 1. The topological polar surface area (TPSA) is 71.3 Å². The third kappa shape index (κ3) is 3.48. The van der Waals surface area contributed by atoms with Gasteiger partial charge in [-0.05, 0) is 38.1 Å². The lowest BCUT2D eigenvalue weighted by Gasteiger charge is -2.19. The fourth-order valence-corrected chi connectivity index (χ4v) is 4.02. The van der Waals surface area contributed by atoms with Crippen molar-refractivity contribution >= 4 is 33.3 Å². The van der Waals surface area contributed by atoms with Crippen molar-refractivity contribution < 1.29 is 9.32 Å². The second-order valence-corrected chi connectivity index (χ2v) is 7.65. The second-order valence-electron chi connectivity index (χ2n) is 6.62. The summed E-state index contributed by atoms with van der Waals surface area (Å²) in [5, 5.41) is 7.83. The summed E-state index contributed by atoms with van der Waals surface area (Å²) in [7, 11) is 1.75. The van der Waals surface area contributed by atoms with Gasteiger partial charge in [-0.2, -0.15) is 0 Å². The Morgan fingerprint density at radius 2 is 1.89 bits per heavy atom. The number of hydrogen-bond acceptors (Lipinski definition) is 5. The molecular formula is C21H20N4O2S. The lowest BCUT2D eigenvalue weighted by Crippen LogP contribution is -2.31. The molecule has 0 saturated carbocycles. The highest BCUT2D eigenvalue weighted by Gasteiger charge is 2.17. The number of thiazole rings is 1. The molecule has 0 bridgehead atoms. The summed E-state index contributed by atoms with van der Waals surface area (Å²) in [4.78, 5) is 19.1. The molecule has 142 valence electrons. The Morgan fingerprint density at radius 3 is 2.64 bits per heavy atom. The first-order chi connectivity index (χ1) is 13.5. The van der Waals surface area contributed by atoms with Crippen LogP contribution >= 0.6 is 11.3 Å². The smallest absolute Gasteiger partial charge is 0.321 e. The molecular weight excluding hydrogens is 372 g/mol. The van der Waals surface area contributed by atoms with Crippen LogP contribution in [-0.4, -0.2) is 28.1 Å². The molecule has 4 rings (SSSR count). The lowest BCUT2D eigenvalue weighted by atomic mass is 10.2. The van der Waals surface area contributed by atoms with E-state index in [0.29, 0.717) is 6.54 Å². The van der Waals surface area contributed by atoms with Gasteiger partial charge in [0.25, 0.3) is 0 Å². The molecule has 0 saturated heterocycles. The van der Waals surface area contributed by atoms with Gasteiger partial charge in [0.05, 0.1) is 28.1 Å². The van der Waals surface area contributed by atoms with E-state index in [1.807, 2.05) is 56.3 Å². The largest absolute Gasteiger partial charge is 0.361 e. The van der Waals surface area contributed by atoms with E-state index in [1.165, 1.54) is 0 Å².